The van der Waals surface area contributed by atoms with Gasteiger partial charge in [0.15, 0.2) is 0 Å². The van der Waals surface area contributed by atoms with Gasteiger partial charge in [0.25, 0.3) is 0 Å². The number of hydrogen-bond donors (Lipinski definition) is 2. The lowest BCUT2D eigenvalue weighted by atomic mass is 9.90. The average molecular weight is 366 g/mol. The molecule has 5 heteroatoms. The summed E-state index contributed by atoms with van der Waals surface area (Å²) in [6.07, 6.45) is 10.5. The molecule has 1 aliphatic rings. The number of pyridine rings is 1. The van der Waals surface area contributed by atoms with Gasteiger partial charge in [-0.15, -0.1) is 0 Å². The summed E-state index contributed by atoms with van der Waals surface area (Å²) < 4.78 is 0. The fourth-order valence-electron chi connectivity index (χ4n) is 3.86. The highest BCUT2D eigenvalue weighted by molar-refractivity contribution is 5.66. The number of carboxylic acids is 1. The molecular formula is C22H26N2O3. The van der Waals surface area contributed by atoms with Crippen LogP contribution in [-0.2, 0) is 11.3 Å². The van der Waals surface area contributed by atoms with Crippen LogP contribution in [-0.4, -0.2) is 32.6 Å². The number of phenols is 1. The van der Waals surface area contributed by atoms with Crippen molar-refractivity contribution < 1.29 is 15.0 Å². The lowest BCUT2D eigenvalue weighted by Gasteiger charge is -2.28. The molecule has 142 valence electrons. The Labute approximate surface area is 160 Å². The highest BCUT2D eigenvalue weighted by Crippen LogP contribution is 2.41. The fourth-order valence-corrected chi connectivity index (χ4v) is 3.86. The summed E-state index contributed by atoms with van der Waals surface area (Å²) >= 11 is 0. The zero-order valence-electron chi connectivity index (χ0n) is 15.4. The van der Waals surface area contributed by atoms with Crippen molar-refractivity contribution in [2.24, 2.45) is 5.92 Å². The zero-order chi connectivity index (χ0) is 19.1. The van der Waals surface area contributed by atoms with Crippen molar-refractivity contribution in [1.29, 1.82) is 0 Å². The second kappa shape index (κ2) is 9.33. The van der Waals surface area contributed by atoms with E-state index in [9.17, 15) is 9.90 Å². The number of hydrogen-bond acceptors (Lipinski definition) is 4. The van der Waals surface area contributed by atoms with Crippen LogP contribution in [0.1, 0.15) is 42.9 Å². The van der Waals surface area contributed by atoms with Crippen molar-refractivity contribution in [3.8, 4) is 5.75 Å². The highest BCUT2D eigenvalue weighted by Gasteiger charge is 2.34. The summed E-state index contributed by atoms with van der Waals surface area (Å²) in [6, 6.07) is 11.8. The van der Waals surface area contributed by atoms with Crippen LogP contribution in [0, 0.1) is 5.92 Å². The molecule has 2 N–H and O–H groups in total. The Bertz CT molecular complexity index is 776. The number of aromatic hydroxyl groups is 1. The minimum atomic E-state index is -0.763. The lowest BCUT2D eigenvalue weighted by Crippen LogP contribution is -2.25. The van der Waals surface area contributed by atoms with E-state index >= 15 is 0 Å². The summed E-state index contributed by atoms with van der Waals surface area (Å²) in [5, 5.41) is 18.7. The molecule has 0 spiro atoms. The number of benzene rings is 1. The normalized spacial score (nSPS) is 20.3. The maximum Gasteiger partial charge on any atom is 0.303 e. The van der Waals surface area contributed by atoms with Crippen molar-refractivity contribution in [2.45, 2.75) is 38.3 Å². The summed E-state index contributed by atoms with van der Waals surface area (Å²) in [5.41, 5.74) is 2.31. The van der Waals surface area contributed by atoms with E-state index in [1.54, 1.807) is 12.3 Å². The number of phenolic OH excluding ortho intramolecular Hbond substituents is 1. The van der Waals surface area contributed by atoms with Gasteiger partial charge in [-0.1, -0.05) is 30.4 Å². The minimum absolute atomic E-state index is 0.171. The van der Waals surface area contributed by atoms with E-state index in [2.05, 4.69) is 28.1 Å². The Hall–Kier alpha value is -2.66. The number of rotatable bonds is 8. The number of likely N-dealkylation sites (tertiary alicyclic amines) is 1. The van der Waals surface area contributed by atoms with Gasteiger partial charge < -0.3 is 10.2 Å². The molecule has 1 fully saturated rings. The summed E-state index contributed by atoms with van der Waals surface area (Å²) in [7, 11) is 0. The molecule has 2 heterocycles. The molecule has 0 radical (unpaired) electrons. The van der Waals surface area contributed by atoms with E-state index in [4.69, 9.17) is 5.11 Å². The highest BCUT2D eigenvalue weighted by atomic mass is 16.4. The van der Waals surface area contributed by atoms with E-state index in [0.29, 0.717) is 12.3 Å². The van der Waals surface area contributed by atoms with Gasteiger partial charge in [-0.05, 0) is 61.1 Å². The predicted octanol–water partition coefficient (Wildman–Crippen LogP) is 4.16. The third kappa shape index (κ3) is 5.41. The molecular weight excluding hydrogens is 340 g/mol. The molecule has 1 aliphatic heterocycles. The predicted molar refractivity (Wildman–Crippen MR) is 104 cm³/mol. The maximum atomic E-state index is 10.6. The molecule has 2 aromatic rings. The number of aliphatic carboxylic acids is 1. The molecule has 5 nitrogen and oxygen atoms in total. The molecule has 27 heavy (non-hydrogen) atoms. The van der Waals surface area contributed by atoms with Crippen LogP contribution in [0.15, 0.2) is 60.9 Å². The van der Waals surface area contributed by atoms with Gasteiger partial charge in [0, 0.05) is 31.4 Å². The SMILES string of the molecule is O=C(O)CC/C=C\C[C@H]1CCN(Cc2cccnc2)[C@H]1c1cccc(O)c1. The number of allylic oxidation sites excluding steroid dienone is 2. The zero-order valence-corrected chi connectivity index (χ0v) is 15.4. The number of aromatic nitrogens is 1. The van der Waals surface area contributed by atoms with Crippen molar-refractivity contribution in [3.05, 3.63) is 72.1 Å². The first kappa shape index (κ1) is 19.1. The van der Waals surface area contributed by atoms with Gasteiger partial charge in [-0.2, -0.15) is 0 Å². The summed E-state index contributed by atoms with van der Waals surface area (Å²) in [5.74, 6) is -0.0400. The van der Waals surface area contributed by atoms with Crippen LogP contribution in [0.5, 0.6) is 5.75 Å². The summed E-state index contributed by atoms with van der Waals surface area (Å²) in [4.78, 5) is 17.3. The molecule has 0 bridgehead atoms. The standard InChI is InChI=1S/C22H26N2O3/c25-20-9-4-8-19(14-20)22-18(7-2-1-3-10-21(26)27)11-13-24(22)16-17-6-5-12-23-15-17/h1-2,4-6,8-9,12,14-15,18,22,25H,3,7,10-11,13,16H2,(H,26,27)/b2-1-/t18-,22+/m0/s1. The third-order valence-corrected chi connectivity index (χ3v) is 5.08. The molecule has 0 saturated carbocycles. The molecule has 2 atom stereocenters. The van der Waals surface area contributed by atoms with Crippen LogP contribution in [0.3, 0.4) is 0 Å². The number of carbonyl (C=O) groups is 1. The minimum Gasteiger partial charge on any atom is -0.508 e. The largest absolute Gasteiger partial charge is 0.508 e. The lowest BCUT2D eigenvalue weighted by molar-refractivity contribution is -0.136. The van der Waals surface area contributed by atoms with Gasteiger partial charge in [0.1, 0.15) is 5.75 Å². The monoisotopic (exact) mass is 366 g/mol. The smallest absolute Gasteiger partial charge is 0.303 e. The van der Waals surface area contributed by atoms with E-state index in [0.717, 1.165) is 31.5 Å². The van der Waals surface area contributed by atoms with Crippen molar-refractivity contribution in [3.63, 3.8) is 0 Å². The molecule has 0 aliphatic carbocycles. The van der Waals surface area contributed by atoms with Crippen LogP contribution < -0.4 is 0 Å². The first-order valence-corrected chi connectivity index (χ1v) is 9.42. The molecule has 3 rings (SSSR count). The molecule has 0 amide bonds. The number of nitrogens with zero attached hydrogens (tertiary/aromatic N) is 2. The second-order valence-electron chi connectivity index (χ2n) is 7.06. The Morgan fingerprint density at radius 1 is 1.26 bits per heavy atom. The van der Waals surface area contributed by atoms with E-state index in [1.165, 1.54) is 5.56 Å². The van der Waals surface area contributed by atoms with E-state index in [-0.39, 0.29) is 18.2 Å². The van der Waals surface area contributed by atoms with E-state index in [1.807, 2.05) is 30.5 Å². The maximum absolute atomic E-state index is 10.6. The third-order valence-electron chi connectivity index (χ3n) is 5.08. The van der Waals surface area contributed by atoms with Crippen LogP contribution in [0.2, 0.25) is 0 Å². The van der Waals surface area contributed by atoms with Gasteiger partial charge in [-0.25, -0.2) is 0 Å². The van der Waals surface area contributed by atoms with Crippen molar-refractivity contribution >= 4 is 5.97 Å². The second-order valence-corrected chi connectivity index (χ2v) is 7.06. The van der Waals surface area contributed by atoms with Gasteiger partial charge in [0.05, 0.1) is 0 Å². The van der Waals surface area contributed by atoms with Crippen LogP contribution >= 0.6 is 0 Å². The van der Waals surface area contributed by atoms with Gasteiger partial charge >= 0.3 is 5.97 Å². The van der Waals surface area contributed by atoms with Gasteiger partial charge in [-0.3, -0.25) is 14.7 Å². The number of carboxylic acid groups (broad SMARTS) is 1. The summed E-state index contributed by atoms with van der Waals surface area (Å²) in [6.45, 7) is 1.82. The molecule has 1 aromatic carbocycles. The molecule has 0 unspecified atom stereocenters. The fraction of sp³-hybridized carbons (Fsp3) is 0.364. The molecule has 1 saturated heterocycles. The average Bonchev–Trinajstić information content (AvgIpc) is 3.04. The topological polar surface area (TPSA) is 73.7 Å². The van der Waals surface area contributed by atoms with Crippen molar-refractivity contribution in [2.75, 3.05) is 6.54 Å². The Balaban J connectivity index is 1.73. The van der Waals surface area contributed by atoms with Crippen LogP contribution in [0.25, 0.3) is 0 Å². The quantitative estimate of drug-likeness (QED) is 0.686. The van der Waals surface area contributed by atoms with Gasteiger partial charge in [0.2, 0.25) is 0 Å². The Morgan fingerprint density at radius 2 is 2.15 bits per heavy atom. The van der Waals surface area contributed by atoms with Crippen molar-refractivity contribution in [1.82, 2.24) is 9.88 Å². The molecule has 1 aromatic heterocycles. The Morgan fingerprint density at radius 3 is 2.89 bits per heavy atom. The Kier molecular flexibility index (Phi) is 6.60. The first-order valence-electron chi connectivity index (χ1n) is 9.42. The van der Waals surface area contributed by atoms with Crippen LogP contribution in [0.4, 0.5) is 0 Å². The van der Waals surface area contributed by atoms with E-state index < -0.39 is 5.97 Å². The first-order chi connectivity index (χ1) is 13.1.